The fourth-order valence-electron chi connectivity index (χ4n) is 4.95. The Kier molecular flexibility index (Phi) is 9.74. The first-order chi connectivity index (χ1) is 16.0. The minimum atomic E-state index is -0.592. The molecule has 2 bridgehead atoms. The van der Waals surface area contributed by atoms with Crippen LogP contribution in [-0.2, 0) is 19.1 Å². The van der Waals surface area contributed by atoms with Gasteiger partial charge in [0.15, 0.2) is 0 Å². The molecule has 1 aromatic rings. The van der Waals surface area contributed by atoms with Gasteiger partial charge in [0.2, 0.25) is 0 Å². The Morgan fingerprint density at radius 3 is 2.45 bits per heavy atom. The topological polar surface area (TPSA) is 55.8 Å². The number of rotatable bonds is 11. The summed E-state index contributed by atoms with van der Waals surface area (Å²) in [5.41, 5.74) is 2.10. The molecule has 0 radical (unpaired) electrons. The van der Waals surface area contributed by atoms with Crippen molar-refractivity contribution in [2.75, 3.05) is 13.7 Å². The summed E-state index contributed by atoms with van der Waals surface area (Å²) < 4.78 is 11.5. The van der Waals surface area contributed by atoms with Crippen LogP contribution in [0.2, 0.25) is 0 Å². The Hall–Kier alpha value is -2.40. The van der Waals surface area contributed by atoms with Gasteiger partial charge >= 0.3 is 11.9 Å². The molecular formula is C28H39NO4. The largest absolute Gasteiger partial charge is 0.464 e. The lowest BCUT2D eigenvalue weighted by atomic mass is 9.98. The van der Waals surface area contributed by atoms with Crippen molar-refractivity contribution in [3.63, 3.8) is 0 Å². The molecule has 3 rings (SSSR count). The normalized spacial score (nSPS) is 24.1. The molecule has 0 aliphatic carbocycles. The van der Waals surface area contributed by atoms with Crippen LogP contribution in [0, 0.1) is 0 Å². The third-order valence-corrected chi connectivity index (χ3v) is 7.02. The van der Waals surface area contributed by atoms with Gasteiger partial charge in [-0.1, -0.05) is 54.1 Å². The standard InChI is InChI=1S/C28H39NO4/c1-4-5-7-11-21(2)12-10-15-27(30)32-20-26(22-13-8-6-9-14-22)28(31)33-25-18-23-16-17-24(19-25)29(23)3/h4-6,8-9,12-14,23-26H,7,10-11,15-20H2,1-3H3/b5-4+,21-12+/t23-,24+,25+,26?. The molecule has 2 fully saturated rings. The van der Waals surface area contributed by atoms with E-state index in [0.29, 0.717) is 24.9 Å². The van der Waals surface area contributed by atoms with E-state index in [4.69, 9.17) is 9.47 Å². The Bertz CT molecular complexity index is 818. The van der Waals surface area contributed by atoms with Crippen LogP contribution in [0.1, 0.15) is 76.7 Å². The van der Waals surface area contributed by atoms with Crippen molar-refractivity contribution >= 4 is 11.9 Å². The Morgan fingerprint density at radius 1 is 1.09 bits per heavy atom. The number of allylic oxidation sites excluding steroid dienone is 4. The molecule has 2 aliphatic heterocycles. The molecule has 33 heavy (non-hydrogen) atoms. The van der Waals surface area contributed by atoms with Crippen LogP contribution in [0.15, 0.2) is 54.1 Å². The maximum Gasteiger partial charge on any atom is 0.317 e. The van der Waals surface area contributed by atoms with Crippen LogP contribution in [0.5, 0.6) is 0 Å². The highest BCUT2D eigenvalue weighted by molar-refractivity contribution is 5.79. The second kappa shape index (κ2) is 12.7. The maximum absolute atomic E-state index is 13.1. The van der Waals surface area contributed by atoms with E-state index >= 15 is 0 Å². The summed E-state index contributed by atoms with van der Waals surface area (Å²) in [5.74, 6) is -1.16. The highest BCUT2D eigenvalue weighted by Crippen LogP contribution is 2.36. The van der Waals surface area contributed by atoms with E-state index in [1.54, 1.807) is 0 Å². The number of carbonyl (C=O) groups is 2. The predicted octanol–water partition coefficient (Wildman–Crippen LogP) is 5.56. The Labute approximate surface area is 198 Å². The number of nitrogens with zero attached hydrogens (tertiary/aromatic N) is 1. The van der Waals surface area contributed by atoms with E-state index < -0.39 is 5.92 Å². The third-order valence-electron chi connectivity index (χ3n) is 7.02. The van der Waals surface area contributed by atoms with Crippen molar-refractivity contribution in [1.82, 2.24) is 4.90 Å². The molecule has 0 amide bonds. The summed E-state index contributed by atoms with van der Waals surface area (Å²) in [6.45, 7) is 4.13. The SMILES string of the molecule is C/C=C/CC/C(C)=C/CCC(=O)OCC(C(=O)O[C@H]1C[C@H]2CC[C@@H](C1)N2C)c1ccccc1. The van der Waals surface area contributed by atoms with E-state index in [9.17, 15) is 9.59 Å². The Morgan fingerprint density at radius 2 is 1.79 bits per heavy atom. The van der Waals surface area contributed by atoms with Gasteiger partial charge in [-0.3, -0.25) is 9.59 Å². The van der Waals surface area contributed by atoms with Gasteiger partial charge in [0.05, 0.1) is 0 Å². The molecule has 5 nitrogen and oxygen atoms in total. The number of fused-ring (bicyclic) bond motifs is 2. The summed E-state index contributed by atoms with van der Waals surface area (Å²) in [6, 6.07) is 10.5. The summed E-state index contributed by atoms with van der Waals surface area (Å²) in [7, 11) is 2.17. The van der Waals surface area contributed by atoms with Crippen LogP contribution < -0.4 is 0 Å². The quantitative estimate of drug-likeness (QED) is 0.324. The predicted molar refractivity (Wildman–Crippen MR) is 131 cm³/mol. The molecule has 0 N–H and O–H groups in total. The lowest BCUT2D eigenvalue weighted by Crippen LogP contribution is -2.44. The molecule has 2 heterocycles. The number of ether oxygens (including phenoxy) is 2. The number of hydrogen-bond acceptors (Lipinski definition) is 5. The van der Waals surface area contributed by atoms with Gasteiger partial charge in [-0.15, -0.1) is 0 Å². The summed E-state index contributed by atoms with van der Waals surface area (Å²) in [5, 5.41) is 0. The third kappa shape index (κ3) is 7.56. The number of carbonyl (C=O) groups excluding carboxylic acids is 2. The molecule has 1 unspecified atom stereocenters. The van der Waals surface area contributed by atoms with Crippen LogP contribution in [0.4, 0.5) is 0 Å². The van der Waals surface area contributed by atoms with Crippen LogP contribution >= 0.6 is 0 Å². The average molecular weight is 454 g/mol. The number of hydrogen-bond donors (Lipinski definition) is 0. The molecule has 5 heteroatoms. The highest BCUT2D eigenvalue weighted by atomic mass is 16.6. The van der Waals surface area contributed by atoms with Gasteiger partial charge < -0.3 is 14.4 Å². The lowest BCUT2D eigenvalue weighted by Gasteiger charge is -2.36. The van der Waals surface area contributed by atoms with E-state index in [2.05, 4.69) is 37.1 Å². The fourth-order valence-corrected chi connectivity index (χ4v) is 4.95. The molecule has 0 spiro atoms. The van der Waals surface area contributed by atoms with Crippen molar-refractivity contribution in [3.8, 4) is 0 Å². The van der Waals surface area contributed by atoms with Gasteiger partial charge in [-0.25, -0.2) is 0 Å². The molecular weight excluding hydrogens is 414 g/mol. The monoisotopic (exact) mass is 453 g/mol. The van der Waals surface area contributed by atoms with Gasteiger partial charge in [-0.2, -0.15) is 0 Å². The number of benzene rings is 1. The lowest BCUT2D eigenvalue weighted by molar-refractivity contribution is -0.157. The van der Waals surface area contributed by atoms with Gasteiger partial charge in [0.1, 0.15) is 18.6 Å². The van der Waals surface area contributed by atoms with E-state index in [1.165, 1.54) is 18.4 Å². The van der Waals surface area contributed by atoms with Crippen LogP contribution in [0.3, 0.4) is 0 Å². The van der Waals surface area contributed by atoms with Gasteiger partial charge in [0, 0.05) is 18.5 Å². The molecule has 1 aromatic carbocycles. The van der Waals surface area contributed by atoms with E-state index in [1.807, 2.05) is 37.3 Å². The fraction of sp³-hybridized carbons (Fsp3) is 0.571. The first-order valence-electron chi connectivity index (χ1n) is 12.4. The Balaban J connectivity index is 1.51. The van der Waals surface area contributed by atoms with Crippen molar-refractivity contribution in [2.45, 2.75) is 89.3 Å². The number of piperidine rings is 1. The van der Waals surface area contributed by atoms with Crippen molar-refractivity contribution in [1.29, 1.82) is 0 Å². The first-order valence-corrected chi connectivity index (χ1v) is 12.4. The zero-order valence-corrected chi connectivity index (χ0v) is 20.4. The second-order valence-corrected chi connectivity index (χ2v) is 9.42. The zero-order chi connectivity index (χ0) is 23.6. The number of esters is 2. The minimum Gasteiger partial charge on any atom is -0.464 e. The van der Waals surface area contributed by atoms with E-state index in [0.717, 1.165) is 31.2 Å². The molecule has 180 valence electrons. The smallest absolute Gasteiger partial charge is 0.317 e. The van der Waals surface area contributed by atoms with Crippen molar-refractivity contribution in [3.05, 3.63) is 59.7 Å². The van der Waals surface area contributed by atoms with E-state index in [-0.39, 0.29) is 24.6 Å². The van der Waals surface area contributed by atoms with Crippen LogP contribution in [-0.4, -0.2) is 48.7 Å². The molecule has 0 aromatic heterocycles. The van der Waals surface area contributed by atoms with Crippen molar-refractivity contribution < 1.29 is 19.1 Å². The molecule has 4 atom stereocenters. The van der Waals surface area contributed by atoms with Crippen LogP contribution in [0.25, 0.3) is 0 Å². The summed E-state index contributed by atoms with van der Waals surface area (Å²) in [4.78, 5) is 27.9. The first kappa shape index (κ1) is 25.2. The maximum atomic E-state index is 13.1. The highest BCUT2D eigenvalue weighted by Gasteiger charge is 2.40. The average Bonchev–Trinajstić information content (AvgIpc) is 3.00. The minimum absolute atomic E-state index is 0.0190. The summed E-state index contributed by atoms with van der Waals surface area (Å²) in [6.07, 6.45) is 13.4. The zero-order valence-electron chi connectivity index (χ0n) is 20.4. The molecule has 0 saturated carbocycles. The molecule has 2 aliphatic rings. The molecule has 2 saturated heterocycles. The van der Waals surface area contributed by atoms with Gasteiger partial charge in [0.25, 0.3) is 0 Å². The van der Waals surface area contributed by atoms with Crippen molar-refractivity contribution in [2.24, 2.45) is 0 Å². The van der Waals surface area contributed by atoms with Gasteiger partial charge in [-0.05, 0) is 71.4 Å². The summed E-state index contributed by atoms with van der Waals surface area (Å²) >= 11 is 0. The second-order valence-electron chi connectivity index (χ2n) is 9.42.